The number of aromatic nitrogens is 4. The van der Waals surface area contributed by atoms with Crippen LogP contribution < -0.4 is 0 Å². The first kappa shape index (κ1) is 30.4. The van der Waals surface area contributed by atoms with Crippen LogP contribution in [0, 0.1) is 0 Å². The standard InChI is InChI=1S/C51H34N4/c1-51(2)41-20-10-8-18-35(41)36-27-25-33(28-42(36)51)54-45-23-13-9-19-37(45)39-29-40-38-26-24-31-14-6-7-17-34(31)49(38)55(47(40)30-46(39)54)50-48(32-15-4-3-5-16-32)52-43-21-11-12-22-44(43)53-50/h3-30H,1-2H3. The number of hydrogen-bond acceptors (Lipinski definition) is 2. The average Bonchev–Trinajstić information content (AvgIpc) is 3.82. The predicted molar refractivity (Wildman–Crippen MR) is 229 cm³/mol. The van der Waals surface area contributed by atoms with Crippen molar-refractivity contribution in [3.63, 3.8) is 0 Å². The van der Waals surface area contributed by atoms with E-state index in [4.69, 9.17) is 9.97 Å². The zero-order valence-electron chi connectivity index (χ0n) is 30.5. The van der Waals surface area contributed by atoms with Gasteiger partial charge in [-0.2, -0.15) is 0 Å². The Morgan fingerprint density at radius 1 is 0.436 bits per heavy atom. The van der Waals surface area contributed by atoms with E-state index in [0.717, 1.165) is 50.3 Å². The molecule has 8 aromatic carbocycles. The summed E-state index contributed by atoms with van der Waals surface area (Å²) in [6, 6.07) is 61.5. The molecule has 0 saturated carbocycles. The Bertz CT molecular complexity index is 3400. The van der Waals surface area contributed by atoms with Crippen LogP contribution in [-0.2, 0) is 5.41 Å². The van der Waals surface area contributed by atoms with Crippen LogP contribution in [0.15, 0.2) is 170 Å². The lowest BCUT2D eigenvalue weighted by Gasteiger charge is -2.22. The Morgan fingerprint density at radius 3 is 1.98 bits per heavy atom. The van der Waals surface area contributed by atoms with Crippen LogP contribution in [0.3, 0.4) is 0 Å². The highest BCUT2D eigenvalue weighted by Gasteiger charge is 2.35. The highest BCUT2D eigenvalue weighted by Crippen LogP contribution is 2.50. The number of benzene rings is 8. The molecule has 0 atom stereocenters. The fraction of sp³-hybridized carbons (Fsp3) is 0.0588. The molecule has 0 fully saturated rings. The second-order valence-electron chi connectivity index (χ2n) is 15.4. The van der Waals surface area contributed by atoms with Gasteiger partial charge < -0.3 is 4.57 Å². The molecule has 0 aliphatic heterocycles. The van der Waals surface area contributed by atoms with E-state index in [-0.39, 0.29) is 5.41 Å². The van der Waals surface area contributed by atoms with Crippen molar-refractivity contribution < 1.29 is 0 Å². The van der Waals surface area contributed by atoms with Gasteiger partial charge in [0.25, 0.3) is 0 Å². The van der Waals surface area contributed by atoms with Crippen LogP contribution in [-0.4, -0.2) is 19.1 Å². The topological polar surface area (TPSA) is 35.6 Å². The molecule has 0 N–H and O–H groups in total. The fourth-order valence-corrected chi connectivity index (χ4v) is 9.50. The molecule has 3 aromatic heterocycles. The lowest BCUT2D eigenvalue weighted by molar-refractivity contribution is 0.660. The zero-order valence-corrected chi connectivity index (χ0v) is 30.5. The smallest absolute Gasteiger partial charge is 0.165 e. The molecule has 4 nitrogen and oxygen atoms in total. The molecule has 3 heterocycles. The molecule has 0 spiro atoms. The molecule has 55 heavy (non-hydrogen) atoms. The summed E-state index contributed by atoms with van der Waals surface area (Å²) in [7, 11) is 0. The van der Waals surface area contributed by atoms with E-state index in [9.17, 15) is 0 Å². The molecule has 1 aliphatic rings. The van der Waals surface area contributed by atoms with Gasteiger partial charge in [-0.25, -0.2) is 9.97 Å². The maximum absolute atomic E-state index is 5.47. The van der Waals surface area contributed by atoms with E-state index in [1.165, 1.54) is 60.1 Å². The minimum atomic E-state index is -0.107. The molecule has 0 unspecified atom stereocenters. The molecule has 0 bridgehead atoms. The van der Waals surface area contributed by atoms with Crippen LogP contribution in [0.25, 0.3) is 99.3 Å². The summed E-state index contributed by atoms with van der Waals surface area (Å²) in [5.41, 5.74) is 14.7. The minimum Gasteiger partial charge on any atom is -0.309 e. The largest absolute Gasteiger partial charge is 0.309 e. The van der Waals surface area contributed by atoms with Crippen molar-refractivity contribution >= 4 is 65.4 Å². The Labute approximate surface area is 317 Å². The van der Waals surface area contributed by atoms with Crippen molar-refractivity contribution in [1.82, 2.24) is 19.1 Å². The summed E-state index contributed by atoms with van der Waals surface area (Å²) in [5, 5.41) is 7.22. The molecule has 0 saturated heterocycles. The highest BCUT2D eigenvalue weighted by atomic mass is 15.1. The third-order valence-corrected chi connectivity index (χ3v) is 12.1. The highest BCUT2D eigenvalue weighted by molar-refractivity contribution is 6.23. The second kappa shape index (κ2) is 11.0. The number of nitrogens with zero attached hydrogens (tertiary/aromatic N) is 4. The summed E-state index contributed by atoms with van der Waals surface area (Å²) < 4.78 is 4.85. The Hall–Kier alpha value is -7.04. The van der Waals surface area contributed by atoms with Gasteiger partial charge in [0, 0.05) is 43.6 Å². The molecule has 11 aromatic rings. The average molecular weight is 703 g/mol. The summed E-state index contributed by atoms with van der Waals surface area (Å²) in [4.78, 5) is 10.8. The first-order chi connectivity index (χ1) is 27.0. The summed E-state index contributed by atoms with van der Waals surface area (Å²) in [6.45, 7) is 4.71. The number of para-hydroxylation sites is 3. The van der Waals surface area contributed by atoms with Gasteiger partial charge in [-0.3, -0.25) is 4.57 Å². The second-order valence-corrected chi connectivity index (χ2v) is 15.4. The van der Waals surface area contributed by atoms with Gasteiger partial charge in [-0.1, -0.05) is 141 Å². The predicted octanol–water partition coefficient (Wildman–Crippen LogP) is 13.0. The molecule has 0 radical (unpaired) electrons. The van der Waals surface area contributed by atoms with Gasteiger partial charge in [-0.05, 0) is 70.1 Å². The summed E-state index contributed by atoms with van der Waals surface area (Å²) in [6.07, 6.45) is 0. The van der Waals surface area contributed by atoms with E-state index in [1.807, 2.05) is 12.1 Å². The molecular weight excluding hydrogens is 669 g/mol. The Balaban J connectivity index is 1.23. The van der Waals surface area contributed by atoms with Gasteiger partial charge in [0.15, 0.2) is 5.82 Å². The quantitative estimate of drug-likeness (QED) is 0.184. The SMILES string of the molecule is CC1(C)c2ccccc2-c2ccc(-n3c4ccccc4c4cc5c6ccc7ccccc7c6n(-c6nc7ccccc7nc6-c6ccccc6)c5cc43)cc21. The van der Waals surface area contributed by atoms with Crippen molar-refractivity contribution in [3.8, 4) is 33.9 Å². The maximum Gasteiger partial charge on any atom is 0.165 e. The Morgan fingerprint density at radius 2 is 1.11 bits per heavy atom. The van der Waals surface area contributed by atoms with E-state index in [2.05, 4.69) is 181 Å². The van der Waals surface area contributed by atoms with Crippen molar-refractivity contribution in [1.29, 1.82) is 0 Å². The zero-order chi connectivity index (χ0) is 36.4. The van der Waals surface area contributed by atoms with Crippen molar-refractivity contribution in [2.75, 3.05) is 0 Å². The van der Waals surface area contributed by atoms with Crippen LogP contribution in [0.2, 0.25) is 0 Å². The van der Waals surface area contributed by atoms with Gasteiger partial charge in [0.05, 0.1) is 33.1 Å². The fourth-order valence-electron chi connectivity index (χ4n) is 9.50. The maximum atomic E-state index is 5.47. The Kier molecular flexibility index (Phi) is 6.09. The number of fused-ring (bicyclic) bond motifs is 12. The van der Waals surface area contributed by atoms with E-state index >= 15 is 0 Å². The van der Waals surface area contributed by atoms with Gasteiger partial charge in [0.2, 0.25) is 0 Å². The van der Waals surface area contributed by atoms with E-state index in [0.29, 0.717) is 0 Å². The lowest BCUT2D eigenvalue weighted by atomic mass is 9.82. The normalized spacial score (nSPS) is 13.4. The van der Waals surface area contributed by atoms with Crippen LogP contribution in [0.5, 0.6) is 0 Å². The minimum absolute atomic E-state index is 0.107. The number of rotatable bonds is 3. The van der Waals surface area contributed by atoms with Crippen LogP contribution in [0.1, 0.15) is 25.0 Å². The third-order valence-electron chi connectivity index (χ3n) is 12.1. The van der Waals surface area contributed by atoms with Gasteiger partial charge in [0.1, 0.15) is 5.69 Å². The molecule has 258 valence electrons. The van der Waals surface area contributed by atoms with Crippen LogP contribution >= 0.6 is 0 Å². The van der Waals surface area contributed by atoms with Crippen LogP contribution in [0.4, 0.5) is 0 Å². The van der Waals surface area contributed by atoms with Gasteiger partial charge >= 0.3 is 0 Å². The van der Waals surface area contributed by atoms with E-state index in [1.54, 1.807) is 0 Å². The molecule has 1 aliphatic carbocycles. The van der Waals surface area contributed by atoms with Gasteiger partial charge in [-0.15, -0.1) is 0 Å². The summed E-state index contributed by atoms with van der Waals surface area (Å²) in [5.74, 6) is 0.820. The lowest BCUT2D eigenvalue weighted by Crippen LogP contribution is -2.15. The molecular formula is C51H34N4. The number of hydrogen-bond donors (Lipinski definition) is 0. The van der Waals surface area contributed by atoms with Crippen molar-refractivity contribution in [2.45, 2.75) is 19.3 Å². The molecule has 0 amide bonds. The van der Waals surface area contributed by atoms with Crippen molar-refractivity contribution in [2.24, 2.45) is 0 Å². The summed E-state index contributed by atoms with van der Waals surface area (Å²) >= 11 is 0. The van der Waals surface area contributed by atoms with E-state index < -0.39 is 0 Å². The molecule has 12 rings (SSSR count). The first-order valence-corrected chi connectivity index (χ1v) is 19.0. The van der Waals surface area contributed by atoms with Crippen molar-refractivity contribution in [3.05, 3.63) is 181 Å². The first-order valence-electron chi connectivity index (χ1n) is 19.0. The monoisotopic (exact) mass is 702 g/mol. The molecule has 4 heteroatoms. The third kappa shape index (κ3) is 4.17.